The lowest BCUT2D eigenvalue weighted by molar-refractivity contribution is 0.100. The topological polar surface area (TPSA) is 80.9 Å². The highest BCUT2D eigenvalue weighted by Gasteiger charge is 2.25. The molecule has 28 heavy (non-hydrogen) atoms. The maximum atomic E-state index is 13.4. The Hall–Kier alpha value is -2.86. The fourth-order valence-electron chi connectivity index (χ4n) is 3.92. The molecule has 1 saturated heterocycles. The summed E-state index contributed by atoms with van der Waals surface area (Å²) in [6, 6.07) is 12.2. The van der Waals surface area contributed by atoms with Crippen LogP contribution in [0.2, 0.25) is 0 Å². The standard InChI is InChI=1S/C22H23FN4O/c1-13-26-20(18-3-2-4-19(22(24)28)21(18)27-13)10-16(9-14-11-25-12-14)15-5-7-17(23)8-6-15/h2-8,14,16,25H,9-12H2,1H3,(H2,24,28)/t16-/m0/s1. The molecule has 4 rings (SSSR count). The van der Waals surface area contributed by atoms with E-state index < -0.39 is 5.91 Å². The van der Waals surface area contributed by atoms with Gasteiger partial charge in [-0.2, -0.15) is 0 Å². The summed E-state index contributed by atoms with van der Waals surface area (Å²) in [4.78, 5) is 21.0. The van der Waals surface area contributed by atoms with Crippen molar-refractivity contribution in [2.75, 3.05) is 13.1 Å². The summed E-state index contributed by atoms with van der Waals surface area (Å²) < 4.78 is 13.4. The van der Waals surface area contributed by atoms with Crippen molar-refractivity contribution in [3.05, 3.63) is 70.9 Å². The van der Waals surface area contributed by atoms with Crippen LogP contribution in [0.25, 0.3) is 10.9 Å². The van der Waals surface area contributed by atoms with Crippen molar-refractivity contribution < 1.29 is 9.18 Å². The van der Waals surface area contributed by atoms with Gasteiger partial charge in [-0.1, -0.05) is 24.3 Å². The van der Waals surface area contributed by atoms with E-state index in [4.69, 9.17) is 5.73 Å². The second kappa shape index (κ2) is 7.64. The third kappa shape index (κ3) is 3.73. The second-order valence-corrected chi connectivity index (χ2v) is 7.50. The van der Waals surface area contributed by atoms with Gasteiger partial charge in [0.2, 0.25) is 0 Å². The van der Waals surface area contributed by atoms with E-state index in [1.807, 2.05) is 31.2 Å². The summed E-state index contributed by atoms with van der Waals surface area (Å²) in [5.41, 5.74) is 8.54. The molecule has 2 aromatic carbocycles. The number of aromatic nitrogens is 2. The van der Waals surface area contributed by atoms with Gasteiger partial charge in [-0.15, -0.1) is 0 Å². The predicted molar refractivity (Wildman–Crippen MR) is 107 cm³/mol. The van der Waals surface area contributed by atoms with E-state index in [1.165, 1.54) is 12.1 Å². The number of hydrogen-bond acceptors (Lipinski definition) is 4. The molecule has 1 aliphatic rings. The Labute approximate surface area is 163 Å². The number of rotatable bonds is 6. The molecule has 144 valence electrons. The molecule has 1 aromatic heterocycles. The van der Waals surface area contributed by atoms with Gasteiger partial charge in [-0.25, -0.2) is 14.4 Å². The van der Waals surface area contributed by atoms with Crippen LogP contribution in [-0.2, 0) is 6.42 Å². The molecule has 1 atom stereocenters. The molecule has 0 unspecified atom stereocenters. The molecule has 0 spiro atoms. The van der Waals surface area contributed by atoms with Crippen LogP contribution >= 0.6 is 0 Å². The van der Waals surface area contributed by atoms with E-state index in [2.05, 4.69) is 15.3 Å². The van der Waals surface area contributed by atoms with Crippen LogP contribution in [-0.4, -0.2) is 29.0 Å². The summed E-state index contributed by atoms with van der Waals surface area (Å²) in [6.45, 7) is 3.84. The molecular formula is C22H23FN4O. The molecule has 1 aliphatic heterocycles. The SMILES string of the molecule is Cc1nc(C[C@H](CC2CNC2)c2ccc(F)cc2)c2cccc(C(N)=O)c2n1. The van der Waals surface area contributed by atoms with Crippen molar-refractivity contribution in [3.63, 3.8) is 0 Å². The number of para-hydroxylation sites is 1. The van der Waals surface area contributed by atoms with Crippen molar-refractivity contribution in [1.29, 1.82) is 0 Å². The van der Waals surface area contributed by atoms with Crippen molar-refractivity contribution >= 4 is 16.8 Å². The zero-order chi connectivity index (χ0) is 19.7. The Morgan fingerprint density at radius 1 is 1.21 bits per heavy atom. The van der Waals surface area contributed by atoms with E-state index in [0.717, 1.165) is 36.2 Å². The Kier molecular flexibility index (Phi) is 5.05. The average Bonchev–Trinajstić information content (AvgIpc) is 2.63. The number of fused-ring (bicyclic) bond motifs is 1. The maximum Gasteiger partial charge on any atom is 0.250 e. The third-order valence-corrected chi connectivity index (χ3v) is 5.45. The molecule has 0 aliphatic carbocycles. The Balaban J connectivity index is 1.75. The fraction of sp³-hybridized carbons (Fsp3) is 0.318. The first kappa shape index (κ1) is 18.5. The number of halogens is 1. The minimum absolute atomic E-state index is 0.211. The largest absolute Gasteiger partial charge is 0.366 e. The minimum Gasteiger partial charge on any atom is -0.366 e. The number of primary amides is 1. The van der Waals surface area contributed by atoms with Crippen molar-refractivity contribution in [3.8, 4) is 0 Å². The molecule has 5 nitrogen and oxygen atoms in total. The summed E-state index contributed by atoms with van der Waals surface area (Å²) in [6.07, 6.45) is 1.70. The second-order valence-electron chi connectivity index (χ2n) is 7.50. The summed E-state index contributed by atoms with van der Waals surface area (Å²) >= 11 is 0. The number of carbonyl (C=O) groups is 1. The van der Waals surface area contributed by atoms with Crippen molar-refractivity contribution in [2.24, 2.45) is 11.7 Å². The van der Waals surface area contributed by atoms with Crippen molar-refractivity contribution in [2.45, 2.75) is 25.7 Å². The number of nitrogens with two attached hydrogens (primary N) is 1. The monoisotopic (exact) mass is 378 g/mol. The van der Waals surface area contributed by atoms with Crippen LogP contribution in [0.1, 0.15) is 39.8 Å². The van der Waals surface area contributed by atoms with Gasteiger partial charge in [-0.05, 0) is 68.5 Å². The lowest BCUT2D eigenvalue weighted by Crippen LogP contribution is -2.42. The number of amides is 1. The normalized spacial score (nSPS) is 15.4. The first-order valence-corrected chi connectivity index (χ1v) is 9.53. The number of nitrogens with one attached hydrogen (secondary N) is 1. The minimum atomic E-state index is -0.495. The zero-order valence-corrected chi connectivity index (χ0v) is 15.8. The van der Waals surface area contributed by atoms with E-state index in [9.17, 15) is 9.18 Å². The quantitative estimate of drug-likeness (QED) is 0.691. The lowest BCUT2D eigenvalue weighted by atomic mass is 9.82. The molecule has 0 bridgehead atoms. The number of benzene rings is 2. The molecule has 3 N–H and O–H groups in total. The first-order valence-electron chi connectivity index (χ1n) is 9.53. The van der Waals surface area contributed by atoms with Crippen LogP contribution in [0, 0.1) is 18.7 Å². The highest BCUT2D eigenvalue weighted by atomic mass is 19.1. The van der Waals surface area contributed by atoms with Gasteiger partial charge >= 0.3 is 0 Å². The number of carbonyl (C=O) groups excluding carboxylic acids is 1. The van der Waals surface area contributed by atoms with Gasteiger partial charge in [0.1, 0.15) is 11.6 Å². The van der Waals surface area contributed by atoms with E-state index >= 15 is 0 Å². The molecule has 0 saturated carbocycles. The molecule has 1 amide bonds. The highest BCUT2D eigenvalue weighted by molar-refractivity contribution is 6.05. The van der Waals surface area contributed by atoms with Crippen LogP contribution in [0.3, 0.4) is 0 Å². The van der Waals surface area contributed by atoms with Crippen molar-refractivity contribution in [1.82, 2.24) is 15.3 Å². The average molecular weight is 378 g/mol. The third-order valence-electron chi connectivity index (χ3n) is 5.45. The van der Waals surface area contributed by atoms with Gasteiger partial charge in [-0.3, -0.25) is 4.79 Å². The van der Waals surface area contributed by atoms with E-state index in [1.54, 1.807) is 6.07 Å². The van der Waals surface area contributed by atoms with Gasteiger partial charge in [0.15, 0.2) is 0 Å². The van der Waals surface area contributed by atoms with Crippen LogP contribution in [0.4, 0.5) is 4.39 Å². The van der Waals surface area contributed by atoms with E-state index in [-0.39, 0.29) is 11.7 Å². The molecule has 1 fully saturated rings. The van der Waals surface area contributed by atoms with Gasteiger partial charge in [0.05, 0.1) is 16.8 Å². The molecule has 6 heteroatoms. The van der Waals surface area contributed by atoms with Crippen LogP contribution in [0.5, 0.6) is 0 Å². The maximum absolute atomic E-state index is 13.4. The highest BCUT2D eigenvalue weighted by Crippen LogP contribution is 2.31. The predicted octanol–water partition coefficient (Wildman–Crippen LogP) is 3.11. The summed E-state index contributed by atoms with van der Waals surface area (Å²) in [7, 11) is 0. The summed E-state index contributed by atoms with van der Waals surface area (Å²) in [5, 5.41) is 4.16. The Morgan fingerprint density at radius 2 is 1.96 bits per heavy atom. The number of aryl methyl sites for hydroxylation is 1. The Morgan fingerprint density at radius 3 is 2.61 bits per heavy atom. The lowest BCUT2D eigenvalue weighted by Gasteiger charge is -2.31. The molecule has 3 aromatic rings. The molecule has 0 radical (unpaired) electrons. The zero-order valence-electron chi connectivity index (χ0n) is 15.8. The first-order chi connectivity index (χ1) is 13.5. The number of nitrogens with zero attached hydrogens (tertiary/aromatic N) is 2. The van der Waals surface area contributed by atoms with Crippen LogP contribution < -0.4 is 11.1 Å². The number of hydrogen-bond donors (Lipinski definition) is 2. The molecule has 2 heterocycles. The van der Waals surface area contributed by atoms with E-state index in [0.29, 0.717) is 29.2 Å². The molecular weight excluding hydrogens is 355 g/mol. The fourth-order valence-corrected chi connectivity index (χ4v) is 3.92. The Bertz CT molecular complexity index is 1010. The summed E-state index contributed by atoms with van der Waals surface area (Å²) in [5.74, 6) is 0.694. The van der Waals surface area contributed by atoms with Crippen LogP contribution in [0.15, 0.2) is 42.5 Å². The van der Waals surface area contributed by atoms with Gasteiger partial charge in [0.25, 0.3) is 5.91 Å². The smallest absolute Gasteiger partial charge is 0.250 e. The van der Waals surface area contributed by atoms with Gasteiger partial charge < -0.3 is 11.1 Å². The van der Waals surface area contributed by atoms with Gasteiger partial charge in [0, 0.05) is 5.39 Å².